The lowest BCUT2D eigenvalue weighted by molar-refractivity contribution is -0.141. The van der Waals surface area contributed by atoms with Crippen LogP contribution in [0, 0.1) is 0 Å². The number of halogens is 3. The molecule has 0 aliphatic carbocycles. The Hall–Kier alpha value is -1.97. The third kappa shape index (κ3) is 6.01. The number of ether oxygens (including phenoxy) is 1. The van der Waals surface area contributed by atoms with Crippen LogP contribution in [0.1, 0.15) is 45.1 Å². The van der Waals surface area contributed by atoms with Gasteiger partial charge in [0.2, 0.25) is 0 Å². The zero-order chi connectivity index (χ0) is 22.0. The topological polar surface area (TPSA) is 60.5 Å². The minimum atomic E-state index is -4.60. The van der Waals surface area contributed by atoms with Crippen molar-refractivity contribution < 1.29 is 22.5 Å². The first-order valence-corrected chi connectivity index (χ1v) is 10.1. The van der Waals surface area contributed by atoms with Gasteiger partial charge < -0.3 is 14.2 Å². The first-order chi connectivity index (χ1) is 13.3. The summed E-state index contributed by atoms with van der Waals surface area (Å²) >= 11 is -1.45. The van der Waals surface area contributed by atoms with Gasteiger partial charge in [0, 0.05) is 29.8 Å². The van der Waals surface area contributed by atoms with Gasteiger partial charge in [0.25, 0.3) is 0 Å². The molecular weight excluding hydrogens is 403 g/mol. The van der Waals surface area contributed by atoms with Gasteiger partial charge in [0.05, 0.1) is 18.8 Å². The standard InChI is InChI=1S/C20H26F3N3O2S/c1-13(25-29(27)19(2,3)4)17-11-15(12-18(24-17)20(21,22)23)26(5)14-7-9-16(28-6)10-8-14/h7-13,25H,1-6H3/t13-,29?/m1/s1. The van der Waals surface area contributed by atoms with Crippen LogP contribution >= 0.6 is 0 Å². The molecule has 160 valence electrons. The molecule has 1 heterocycles. The van der Waals surface area contributed by atoms with Crippen molar-refractivity contribution in [2.24, 2.45) is 0 Å². The van der Waals surface area contributed by atoms with Crippen molar-refractivity contribution >= 4 is 22.7 Å². The molecule has 0 spiro atoms. The largest absolute Gasteiger partial charge is 0.598 e. The van der Waals surface area contributed by atoms with Crippen molar-refractivity contribution in [1.82, 2.24) is 9.71 Å². The number of aromatic nitrogens is 1. The minimum absolute atomic E-state index is 0.160. The maximum atomic E-state index is 13.4. The summed E-state index contributed by atoms with van der Waals surface area (Å²) < 4.78 is 60.1. The third-order valence-corrected chi connectivity index (χ3v) is 5.93. The molecule has 0 amide bonds. The second kappa shape index (κ2) is 8.81. The molecule has 1 unspecified atom stereocenters. The molecule has 0 saturated carbocycles. The molecule has 0 radical (unpaired) electrons. The number of anilines is 2. The molecule has 0 bridgehead atoms. The molecule has 0 saturated heterocycles. The number of pyridine rings is 1. The van der Waals surface area contributed by atoms with Gasteiger partial charge in [0.1, 0.15) is 16.2 Å². The van der Waals surface area contributed by atoms with E-state index < -0.39 is 34.0 Å². The van der Waals surface area contributed by atoms with Gasteiger partial charge in [-0.1, -0.05) is 0 Å². The summed E-state index contributed by atoms with van der Waals surface area (Å²) in [6.07, 6.45) is -4.60. The molecule has 0 aliphatic rings. The summed E-state index contributed by atoms with van der Waals surface area (Å²) in [6, 6.07) is 8.90. The highest BCUT2D eigenvalue weighted by Gasteiger charge is 2.35. The molecule has 0 aliphatic heterocycles. The van der Waals surface area contributed by atoms with Gasteiger partial charge in [-0.2, -0.15) is 13.2 Å². The molecule has 2 aromatic rings. The van der Waals surface area contributed by atoms with Gasteiger partial charge in [-0.25, -0.2) is 4.98 Å². The Morgan fingerprint density at radius 1 is 1.10 bits per heavy atom. The Morgan fingerprint density at radius 2 is 1.69 bits per heavy atom. The average Bonchev–Trinajstić information content (AvgIpc) is 2.65. The number of alkyl halides is 3. The lowest BCUT2D eigenvalue weighted by atomic mass is 10.1. The molecular formula is C20H26F3N3O2S. The fraction of sp³-hybridized carbons (Fsp3) is 0.450. The Bertz CT molecular complexity index is 823. The Kier molecular flexibility index (Phi) is 7.08. The van der Waals surface area contributed by atoms with E-state index in [1.165, 1.54) is 0 Å². The van der Waals surface area contributed by atoms with Crippen LogP contribution in [-0.2, 0) is 17.5 Å². The monoisotopic (exact) mass is 429 g/mol. The van der Waals surface area contributed by atoms with E-state index in [9.17, 15) is 17.7 Å². The molecule has 9 heteroatoms. The predicted octanol–water partition coefficient (Wildman–Crippen LogP) is 4.99. The van der Waals surface area contributed by atoms with E-state index >= 15 is 0 Å². The normalized spacial score (nSPS) is 14.4. The SMILES string of the molecule is COc1ccc(N(C)c2cc([C@@H](C)N[S+]([O-])C(C)(C)C)nc(C(F)(F)F)c2)cc1. The fourth-order valence-electron chi connectivity index (χ4n) is 2.45. The maximum absolute atomic E-state index is 13.4. The Balaban J connectivity index is 2.42. The van der Waals surface area contributed by atoms with Crippen LogP contribution < -0.4 is 14.4 Å². The Morgan fingerprint density at radius 3 is 2.17 bits per heavy atom. The quantitative estimate of drug-likeness (QED) is 0.656. The van der Waals surface area contributed by atoms with Crippen LogP contribution in [0.15, 0.2) is 36.4 Å². The molecule has 0 fully saturated rings. The van der Waals surface area contributed by atoms with Gasteiger partial charge >= 0.3 is 6.18 Å². The van der Waals surface area contributed by atoms with Crippen LogP contribution in [0.4, 0.5) is 24.5 Å². The summed E-state index contributed by atoms with van der Waals surface area (Å²) in [6.45, 7) is 6.99. The molecule has 1 aromatic carbocycles. The van der Waals surface area contributed by atoms with Crippen LogP contribution in [0.5, 0.6) is 5.75 Å². The maximum Gasteiger partial charge on any atom is 0.433 e. The fourth-order valence-corrected chi connectivity index (χ4v) is 3.25. The van der Waals surface area contributed by atoms with Crippen molar-refractivity contribution in [3.05, 3.63) is 47.8 Å². The lowest BCUT2D eigenvalue weighted by Crippen LogP contribution is -2.40. The number of hydrogen-bond donors (Lipinski definition) is 1. The molecule has 29 heavy (non-hydrogen) atoms. The second-order valence-electron chi connectivity index (χ2n) is 7.61. The van der Waals surface area contributed by atoms with Crippen LogP contribution in [-0.4, -0.2) is 28.4 Å². The van der Waals surface area contributed by atoms with Gasteiger partial charge in [-0.05, 0) is 64.1 Å². The zero-order valence-corrected chi connectivity index (χ0v) is 18.1. The van der Waals surface area contributed by atoms with E-state index in [4.69, 9.17) is 4.74 Å². The number of methoxy groups -OCH3 is 1. The predicted molar refractivity (Wildman–Crippen MR) is 110 cm³/mol. The molecule has 1 aromatic heterocycles. The molecule has 2 atom stereocenters. The number of rotatable bonds is 6. The lowest BCUT2D eigenvalue weighted by Gasteiger charge is -2.27. The number of nitrogens with zero attached hydrogens (tertiary/aromatic N) is 2. The summed E-state index contributed by atoms with van der Waals surface area (Å²) in [5.41, 5.74) is 0.172. The third-order valence-electron chi connectivity index (χ3n) is 4.25. The van der Waals surface area contributed by atoms with E-state index in [0.29, 0.717) is 17.1 Å². The van der Waals surface area contributed by atoms with Crippen molar-refractivity contribution in [3.63, 3.8) is 0 Å². The molecule has 1 N–H and O–H groups in total. The summed E-state index contributed by atoms with van der Waals surface area (Å²) in [7, 11) is 3.21. The van der Waals surface area contributed by atoms with E-state index in [0.717, 1.165) is 6.07 Å². The average molecular weight is 430 g/mol. The van der Waals surface area contributed by atoms with E-state index in [2.05, 4.69) is 9.71 Å². The second-order valence-corrected chi connectivity index (χ2v) is 9.61. The number of benzene rings is 1. The van der Waals surface area contributed by atoms with Crippen LogP contribution in [0.3, 0.4) is 0 Å². The molecule has 2 rings (SSSR count). The van der Waals surface area contributed by atoms with Gasteiger partial charge in [-0.3, -0.25) is 0 Å². The summed E-state index contributed by atoms with van der Waals surface area (Å²) in [5.74, 6) is 0.649. The van der Waals surface area contributed by atoms with E-state index in [1.54, 1.807) is 77.1 Å². The highest BCUT2D eigenvalue weighted by molar-refractivity contribution is 7.90. The smallest absolute Gasteiger partial charge is 0.433 e. The highest BCUT2D eigenvalue weighted by atomic mass is 32.2. The van der Waals surface area contributed by atoms with Crippen LogP contribution in [0.2, 0.25) is 0 Å². The number of hydrogen-bond acceptors (Lipinski definition) is 5. The van der Waals surface area contributed by atoms with Crippen molar-refractivity contribution in [3.8, 4) is 5.75 Å². The molecule has 5 nitrogen and oxygen atoms in total. The minimum Gasteiger partial charge on any atom is -0.598 e. The van der Waals surface area contributed by atoms with Crippen molar-refractivity contribution in [2.75, 3.05) is 19.1 Å². The van der Waals surface area contributed by atoms with Crippen molar-refractivity contribution in [2.45, 2.75) is 44.7 Å². The van der Waals surface area contributed by atoms with Gasteiger partial charge in [0.15, 0.2) is 0 Å². The Labute approximate surface area is 172 Å². The first kappa shape index (κ1) is 23.3. The number of nitrogens with one attached hydrogen (secondary N) is 1. The summed E-state index contributed by atoms with van der Waals surface area (Å²) in [5, 5.41) is 0. The first-order valence-electron chi connectivity index (χ1n) is 8.98. The highest BCUT2D eigenvalue weighted by Crippen LogP contribution is 2.34. The zero-order valence-electron chi connectivity index (χ0n) is 17.3. The summed E-state index contributed by atoms with van der Waals surface area (Å²) in [4.78, 5) is 5.41. The van der Waals surface area contributed by atoms with Crippen LogP contribution in [0.25, 0.3) is 0 Å². The van der Waals surface area contributed by atoms with Gasteiger partial charge in [-0.15, -0.1) is 4.72 Å². The van der Waals surface area contributed by atoms with E-state index in [1.807, 2.05) is 0 Å². The van der Waals surface area contributed by atoms with E-state index in [-0.39, 0.29) is 5.69 Å². The van der Waals surface area contributed by atoms with Crippen molar-refractivity contribution in [1.29, 1.82) is 0 Å².